The normalized spacial score (nSPS) is 11.5. The van der Waals surface area contributed by atoms with Crippen molar-refractivity contribution in [3.8, 4) is 5.69 Å². The van der Waals surface area contributed by atoms with Crippen LogP contribution < -0.4 is 4.72 Å². The zero-order valence-corrected chi connectivity index (χ0v) is 13.7. The molecule has 24 heavy (non-hydrogen) atoms. The molecule has 9 heteroatoms. The van der Waals surface area contributed by atoms with E-state index in [1.165, 1.54) is 23.1 Å². The Labute approximate surface area is 138 Å². The van der Waals surface area contributed by atoms with E-state index in [2.05, 4.69) is 20.2 Å². The van der Waals surface area contributed by atoms with E-state index in [1.54, 1.807) is 32.0 Å². The van der Waals surface area contributed by atoms with Gasteiger partial charge in [-0.2, -0.15) is 0 Å². The molecule has 0 spiro atoms. The van der Waals surface area contributed by atoms with Gasteiger partial charge >= 0.3 is 0 Å². The molecule has 3 rings (SSSR count). The minimum absolute atomic E-state index is 0.0242. The first-order valence-corrected chi connectivity index (χ1v) is 8.49. The second-order valence-electron chi connectivity index (χ2n) is 5.22. The third kappa shape index (κ3) is 2.98. The molecule has 0 unspecified atom stereocenters. The zero-order chi connectivity index (χ0) is 17.3. The van der Waals surface area contributed by atoms with Crippen LogP contribution in [0.25, 0.3) is 5.69 Å². The number of aromatic nitrogens is 4. The van der Waals surface area contributed by atoms with Gasteiger partial charge in [0.15, 0.2) is 0 Å². The fourth-order valence-corrected chi connectivity index (χ4v) is 3.72. The van der Waals surface area contributed by atoms with Gasteiger partial charge in [0.1, 0.15) is 12.1 Å². The Morgan fingerprint density at radius 3 is 2.62 bits per heavy atom. The summed E-state index contributed by atoms with van der Waals surface area (Å²) in [6, 6.07) is 8.64. The number of hydrogen-bond donors (Lipinski definition) is 1. The van der Waals surface area contributed by atoms with Gasteiger partial charge in [-0.15, -0.1) is 5.10 Å². The summed E-state index contributed by atoms with van der Waals surface area (Å²) in [5, 5.41) is 10.9. The molecular formula is C15H14FN5O2S. The Morgan fingerprint density at radius 1 is 1.17 bits per heavy atom. The number of halogens is 1. The van der Waals surface area contributed by atoms with E-state index < -0.39 is 15.8 Å². The molecule has 1 aromatic heterocycles. The first kappa shape index (κ1) is 16.1. The van der Waals surface area contributed by atoms with Gasteiger partial charge in [0, 0.05) is 0 Å². The largest absolute Gasteiger partial charge is 0.279 e. The van der Waals surface area contributed by atoms with Crippen molar-refractivity contribution in [1.29, 1.82) is 0 Å². The van der Waals surface area contributed by atoms with Gasteiger partial charge in [0.25, 0.3) is 10.0 Å². The van der Waals surface area contributed by atoms with Crippen LogP contribution in [0.1, 0.15) is 11.1 Å². The molecule has 0 amide bonds. The first-order valence-electron chi connectivity index (χ1n) is 7.00. The van der Waals surface area contributed by atoms with Crippen LogP contribution in [-0.2, 0) is 10.0 Å². The number of nitrogens with one attached hydrogen (secondary N) is 1. The number of sulfonamides is 1. The molecule has 0 aliphatic carbocycles. The topological polar surface area (TPSA) is 89.8 Å². The van der Waals surface area contributed by atoms with Crippen LogP contribution in [0, 0.1) is 19.7 Å². The molecule has 0 aliphatic heterocycles. The maximum Gasteiger partial charge on any atom is 0.262 e. The molecule has 1 heterocycles. The fourth-order valence-electron chi connectivity index (χ4n) is 2.37. The van der Waals surface area contributed by atoms with Crippen molar-refractivity contribution in [3.63, 3.8) is 0 Å². The molecule has 124 valence electrons. The summed E-state index contributed by atoms with van der Waals surface area (Å²) in [7, 11) is -3.85. The average Bonchev–Trinajstić information content (AvgIpc) is 3.03. The van der Waals surface area contributed by atoms with E-state index >= 15 is 0 Å². The summed E-state index contributed by atoms with van der Waals surface area (Å²) in [6.45, 7) is 3.30. The number of hydrogen-bond acceptors (Lipinski definition) is 5. The highest BCUT2D eigenvalue weighted by atomic mass is 32.2. The van der Waals surface area contributed by atoms with Crippen LogP contribution in [0.4, 0.5) is 10.1 Å². The zero-order valence-electron chi connectivity index (χ0n) is 12.9. The van der Waals surface area contributed by atoms with Crippen LogP contribution in [0.3, 0.4) is 0 Å². The predicted molar refractivity (Wildman–Crippen MR) is 85.8 cm³/mol. The SMILES string of the molecule is Cc1cc(F)ccc1S(=O)(=O)Nc1cccc(-n2cnnn2)c1C. The van der Waals surface area contributed by atoms with Crippen LogP contribution >= 0.6 is 0 Å². The molecule has 1 N–H and O–H groups in total. The number of nitrogens with zero attached hydrogens (tertiary/aromatic N) is 4. The monoisotopic (exact) mass is 347 g/mol. The highest BCUT2D eigenvalue weighted by molar-refractivity contribution is 7.92. The van der Waals surface area contributed by atoms with Crippen LogP contribution in [0.5, 0.6) is 0 Å². The van der Waals surface area contributed by atoms with Crippen LogP contribution in [0.2, 0.25) is 0 Å². The maximum atomic E-state index is 13.2. The minimum Gasteiger partial charge on any atom is -0.279 e. The van der Waals surface area contributed by atoms with Crippen LogP contribution in [0.15, 0.2) is 47.6 Å². The molecule has 2 aromatic carbocycles. The number of rotatable bonds is 4. The Morgan fingerprint density at radius 2 is 1.96 bits per heavy atom. The average molecular weight is 347 g/mol. The minimum atomic E-state index is -3.85. The van der Waals surface area contributed by atoms with E-state index in [1.807, 2.05) is 0 Å². The highest BCUT2D eigenvalue weighted by Crippen LogP contribution is 2.25. The van der Waals surface area contributed by atoms with E-state index in [-0.39, 0.29) is 4.90 Å². The smallest absolute Gasteiger partial charge is 0.262 e. The van der Waals surface area contributed by atoms with Gasteiger partial charge in [0.05, 0.1) is 16.3 Å². The van der Waals surface area contributed by atoms with Crippen molar-refractivity contribution in [2.75, 3.05) is 4.72 Å². The quantitative estimate of drug-likeness (QED) is 0.781. The summed E-state index contributed by atoms with van der Waals surface area (Å²) in [5.74, 6) is -0.483. The number of anilines is 1. The maximum absolute atomic E-state index is 13.2. The summed E-state index contributed by atoms with van der Waals surface area (Å²) >= 11 is 0. The molecule has 7 nitrogen and oxygen atoms in total. The van der Waals surface area contributed by atoms with Crippen molar-refractivity contribution in [2.45, 2.75) is 18.7 Å². The summed E-state index contributed by atoms with van der Waals surface area (Å²) in [6.07, 6.45) is 1.42. The van der Waals surface area contributed by atoms with E-state index in [0.29, 0.717) is 22.5 Å². The molecule has 0 aliphatic rings. The van der Waals surface area contributed by atoms with Crippen molar-refractivity contribution in [3.05, 3.63) is 59.7 Å². The Balaban J connectivity index is 2.00. The predicted octanol–water partition coefficient (Wildman–Crippen LogP) is 2.22. The lowest BCUT2D eigenvalue weighted by atomic mass is 10.1. The standard InChI is InChI=1S/C15H14FN5O2S/c1-10-8-12(16)6-7-15(10)24(22,23)18-13-4-3-5-14(11(13)2)21-9-17-19-20-21/h3-9,18H,1-2H3. The Hall–Kier alpha value is -2.81. The van der Waals surface area contributed by atoms with E-state index in [0.717, 1.165) is 6.07 Å². The number of tetrazole rings is 1. The highest BCUT2D eigenvalue weighted by Gasteiger charge is 2.19. The van der Waals surface area contributed by atoms with Crippen LogP contribution in [-0.4, -0.2) is 28.6 Å². The molecule has 0 saturated carbocycles. The van der Waals surface area contributed by atoms with Gasteiger partial charge in [-0.3, -0.25) is 4.72 Å². The third-order valence-corrected chi connectivity index (χ3v) is 5.10. The third-order valence-electron chi connectivity index (χ3n) is 3.57. The Bertz CT molecular complexity index is 987. The lowest BCUT2D eigenvalue weighted by molar-refractivity contribution is 0.598. The first-order chi connectivity index (χ1) is 11.4. The second kappa shape index (κ2) is 6.00. The molecule has 0 bridgehead atoms. The molecule has 0 fully saturated rings. The second-order valence-corrected chi connectivity index (χ2v) is 6.87. The lowest BCUT2D eigenvalue weighted by Gasteiger charge is -2.14. The molecular weight excluding hydrogens is 333 g/mol. The van der Waals surface area contributed by atoms with E-state index in [9.17, 15) is 12.8 Å². The summed E-state index contributed by atoms with van der Waals surface area (Å²) < 4.78 is 42.4. The molecule has 3 aromatic rings. The van der Waals surface area contributed by atoms with Gasteiger partial charge in [-0.25, -0.2) is 17.5 Å². The molecule has 0 saturated heterocycles. The summed E-state index contributed by atoms with van der Waals surface area (Å²) in [4.78, 5) is 0.0242. The van der Waals surface area contributed by atoms with E-state index in [4.69, 9.17) is 0 Å². The van der Waals surface area contributed by atoms with Crippen molar-refractivity contribution in [2.24, 2.45) is 0 Å². The van der Waals surface area contributed by atoms with Gasteiger partial charge in [-0.1, -0.05) is 6.07 Å². The van der Waals surface area contributed by atoms with Crippen molar-refractivity contribution >= 4 is 15.7 Å². The van der Waals surface area contributed by atoms with Gasteiger partial charge < -0.3 is 0 Å². The Kier molecular flexibility index (Phi) is 4.02. The van der Waals surface area contributed by atoms with Gasteiger partial charge in [0.2, 0.25) is 0 Å². The number of aryl methyl sites for hydroxylation is 1. The van der Waals surface area contributed by atoms with Crippen molar-refractivity contribution < 1.29 is 12.8 Å². The summed E-state index contributed by atoms with van der Waals surface area (Å²) in [5.41, 5.74) is 2.03. The molecule has 0 atom stereocenters. The number of benzene rings is 2. The fraction of sp³-hybridized carbons (Fsp3) is 0.133. The molecule has 0 radical (unpaired) electrons. The van der Waals surface area contributed by atoms with Gasteiger partial charge in [-0.05, 0) is 65.7 Å². The van der Waals surface area contributed by atoms with Crippen molar-refractivity contribution in [1.82, 2.24) is 20.2 Å². The lowest BCUT2D eigenvalue weighted by Crippen LogP contribution is -2.15.